The third-order valence-electron chi connectivity index (χ3n) is 3.10. The number of aromatic nitrogens is 2. The summed E-state index contributed by atoms with van der Waals surface area (Å²) in [5.41, 5.74) is -1.13. The van der Waals surface area contributed by atoms with E-state index >= 15 is 0 Å². The van der Waals surface area contributed by atoms with Gasteiger partial charge in [-0.05, 0) is 13.8 Å². The van der Waals surface area contributed by atoms with E-state index in [0.717, 1.165) is 10.7 Å². The number of carbonyl (C=O) groups is 1. The van der Waals surface area contributed by atoms with Crippen molar-refractivity contribution in [3.63, 3.8) is 0 Å². The Labute approximate surface area is 114 Å². The van der Waals surface area contributed by atoms with Gasteiger partial charge in [0.05, 0.1) is 12.2 Å². The van der Waals surface area contributed by atoms with Crippen LogP contribution in [0.2, 0.25) is 0 Å². The van der Waals surface area contributed by atoms with Gasteiger partial charge in [-0.15, -0.1) is 0 Å². The maximum Gasteiger partial charge on any atom is 0.435 e. The van der Waals surface area contributed by atoms with Gasteiger partial charge in [0.1, 0.15) is 5.69 Å². The van der Waals surface area contributed by atoms with E-state index in [2.05, 4.69) is 5.10 Å². The van der Waals surface area contributed by atoms with E-state index in [1.54, 1.807) is 0 Å². The van der Waals surface area contributed by atoms with Gasteiger partial charge in [-0.25, -0.2) is 0 Å². The lowest BCUT2D eigenvalue weighted by molar-refractivity contribution is -0.141. The molecule has 0 spiro atoms. The molecular weight excluding hydrogens is 275 g/mol. The standard InChI is InChI=1S/C12H16F3N3O2/c1-7-5-18(6-8(2)20-7)11(19)9-4-10(12(13,14)15)16-17(9)3/h4,7-8H,5-6H2,1-3H3/t7-,8-/m0/s1. The number of nitrogens with zero attached hydrogens (tertiary/aromatic N) is 3. The van der Waals surface area contributed by atoms with Crippen LogP contribution in [-0.2, 0) is 18.0 Å². The zero-order valence-corrected chi connectivity index (χ0v) is 11.4. The second-order valence-corrected chi connectivity index (χ2v) is 5.00. The van der Waals surface area contributed by atoms with E-state index in [0.29, 0.717) is 13.1 Å². The zero-order valence-electron chi connectivity index (χ0n) is 11.4. The van der Waals surface area contributed by atoms with Crippen molar-refractivity contribution in [3.8, 4) is 0 Å². The van der Waals surface area contributed by atoms with Gasteiger partial charge in [-0.3, -0.25) is 9.48 Å². The van der Waals surface area contributed by atoms with E-state index in [-0.39, 0.29) is 17.9 Å². The molecule has 1 aromatic rings. The molecule has 0 unspecified atom stereocenters. The minimum absolute atomic E-state index is 0.0707. The van der Waals surface area contributed by atoms with Gasteiger partial charge in [-0.1, -0.05) is 0 Å². The molecule has 1 aromatic heterocycles. The van der Waals surface area contributed by atoms with Crippen molar-refractivity contribution in [1.29, 1.82) is 0 Å². The maximum atomic E-state index is 12.6. The van der Waals surface area contributed by atoms with Crippen molar-refractivity contribution in [3.05, 3.63) is 17.5 Å². The van der Waals surface area contributed by atoms with E-state index < -0.39 is 17.8 Å². The average Bonchev–Trinajstić information content (AvgIpc) is 2.69. The first kappa shape index (κ1) is 14.8. The summed E-state index contributed by atoms with van der Waals surface area (Å²) in [6.07, 6.45) is -4.84. The van der Waals surface area contributed by atoms with Crippen LogP contribution in [-0.4, -0.2) is 45.9 Å². The summed E-state index contributed by atoms with van der Waals surface area (Å²) in [5, 5.41) is 3.35. The average molecular weight is 291 g/mol. The molecule has 1 aliphatic heterocycles. The summed E-state index contributed by atoms with van der Waals surface area (Å²) in [4.78, 5) is 13.8. The highest BCUT2D eigenvalue weighted by molar-refractivity contribution is 5.92. The smallest absolute Gasteiger partial charge is 0.372 e. The number of carbonyl (C=O) groups excluding carboxylic acids is 1. The Morgan fingerprint density at radius 3 is 2.35 bits per heavy atom. The molecule has 0 aromatic carbocycles. The van der Waals surface area contributed by atoms with Crippen LogP contribution in [0, 0.1) is 0 Å². The molecule has 0 aliphatic carbocycles. The molecule has 0 saturated carbocycles. The third-order valence-corrected chi connectivity index (χ3v) is 3.10. The van der Waals surface area contributed by atoms with E-state index in [1.807, 2.05) is 13.8 Å². The number of aryl methyl sites for hydroxylation is 1. The Morgan fingerprint density at radius 1 is 1.35 bits per heavy atom. The van der Waals surface area contributed by atoms with Crippen LogP contribution >= 0.6 is 0 Å². The highest BCUT2D eigenvalue weighted by Crippen LogP contribution is 2.28. The molecule has 2 heterocycles. The minimum Gasteiger partial charge on any atom is -0.372 e. The fraction of sp³-hybridized carbons (Fsp3) is 0.667. The summed E-state index contributed by atoms with van der Waals surface area (Å²) < 4.78 is 44.2. The van der Waals surface area contributed by atoms with Crippen LogP contribution in [0.4, 0.5) is 13.2 Å². The Balaban J connectivity index is 2.23. The van der Waals surface area contributed by atoms with E-state index in [1.165, 1.54) is 11.9 Å². The molecule has 0 radical (unpaired) electrons. The van der Waals surface area contributed by atoms with Crippen molar-refractivity contribution < 1.29 is 22.7 Å². The first-order chi connectivity index (χ1) is 9.18. The molecule has 1 saturated heterocycles. The predicted octanol–water partition coefficient (Wildman–Crippen LogP) is 1.69. The lowest BCUT2D eigenvalue weighted by atomic mass is 10.2. The Bertz CT molecular complexity index is 503. The summed E-state index contributed by atoms with van der Waals surface area (Å²) in [5.74, 6) is -0.461. The van der Waals surface area contributed by atoms with Crippen LogP contribution in [0.3, 0.4) is 0 Å². The second kappa shape index (κ2) is 5.08. The van der Waals surface area contributed by atoms with Crippen molar-refractivity contribution in [2.75, 3.05) is 13.1 Å². The van der Waals surface area contributed by atoms with Gasteiger partial charge < -0.3 is 9.64 Å². The fourth-order valence-electron chi connectivity index (χ4n) is 2.31. The molecule has 5 nitrogen and oxygen atoms in total. The summed E-state index contributed by atoms with van der Waals surface area (Å²) in [6.45, 7) is 4.35. The maximum absolute atomic E-state index is 12.6. The molecule has 1 fully saturated rings. The van der Waals surface area contributed by atoms with Crippen molar-refractivity contribution >= 4 is 5.91 Å². The fourth-order valence-corrected chi connectivity index (χ4v) is 2.31. The Kier molecular flexibility index (Phi) is 3.77. The van der Waals surface area contributed by atoms with E-state index in [4.69, 9.17) is 4.74 Å². The van der Waals surface area contributed by atoms with Crippen LogP contribution in [0.15, 0.2) is 6.07 Å². The molecule has 0 N–H and O–H groups in total. The van der Waals surface area contributed by atoms with Gasteiger partial charge >= 0.3 is 6.18 Å². The second-order valence-electron chi connectivity index (χ2n) is 5.00. The number of rotatable bonds is 1. The molecule has 112 valence electrons. The number of alkyl halides is 3. The summed E-state index contributed by atoms with van der Waals surface area (Å²) in [6, 6.07) is 0.785. The summed E-state index contributed by atoms with van der Waals surface area (Å²) in [7, 11) is 1.33. The van der Waals surface area contributed by atoms with Gasteiger partial charge in [0, 0.05) is 26.2 Å². The van der Waals surface area contributed by atoms with Crippen LogP contribution in [0.1, 0.15) is 30.0 Å². The Morgan fingerprint density at radius 2 is 1.90 bits per heavy atom. The summed E-state index contributed by atoms with van der Waals surface area (Å²) >= 11 is 0. The van der Waals surface area contributed by atoms with Crippen molar-refractivity contribution in [2.24, 2.45) is 7.05 Å². The molecule has 8 heteroatoms. The predicted molar refractivity (Wildman–Crippen MR) is 64.1 cm³/mol. The number of halogens is 3. The van der Waals surface area contributed by atoms with Gasteiger partial charge in [-0.2, -0.15) is 18.3 Å². The highest BCUT2D eigenvalue weighted by Gasteiger charge is 2.36. The number of hydrogen-bond acceptors (Lipinski definition) is 3. The Hall–Kier alpha value is -1.57. The van der Waals surface area contributed by atoms with E-state index in [9.17, 15) is 18.0 Å². The lowest BCUT2D eigenvalue weighted by Crippen LogP contribution is -2.48. The van der Waals surface area contributed by atoms with Gasteiger partial charge in [0.2, 0.25) is 0 Å². The lowest BCUT2D eigenvalue weighted by Gasteiger charge is -2.35. The normalized spacial score (nSPS) is 24.0. The zero-order chi connectivity index (χ0) is 15.1. The molecule has 2 rings (SSSR count). The monoisotopic (exact) mass is 291 g/mol. The molecular formula is C12H16F3N3O2. The molecule has 2 atom stereocenters. The first-order valence-electron chi connectivity index (χ1n) is 6.24. The number of ether oxygens (including phenoxy) is 1. The molecule has 20 heavy (non-hydrogen) atoms. The topological polar surface area (TPSA) is 47.4 Å². The third kappa shape index (κ3) is 2.95. The number of morpholine rings is 1. The molecule has 1 aliphatic rings. The largest absolute Gasteiger partial charge is 0.435 e. The van der Waals surface area contributed by atoms with Gasteiger partial charge in [0.25, 0.3) is 5.91 Å². The van der Waals surface area contributed by atoms with Gasteiger partial charge in [0.15, 0.2) is 5.69 Å². The van der Waals surface area contributed by atoms with Crippen LogP contribution < -0.4 is 0 Å². The minimum atomic E-state index is -4.55. The van der Waals surface area contributed by atoms with Crippen molar-refractivity contribution in [1.82, 2.24) is 14.7 Å². The molecule has 1 amide bonds. The van der Waals surface area contributed by atoms with Crippen molar-refractivity contribution in [2.45, 2.75) is 32.2 Å². The van der Waals surface area contributed by atoms with Crippen LogP contribution in [0.25, 0.3) is 0 Å². The SMILES string of the molecule is C[C@H]1CN(C(=O)c2cc(C(F)(F)F)nn2C)C[C@H](C)O1. The number of amides is 1. The van der Waals surface area contributed by atoms with Crippen LogP contribution in [0.5, 0.6) is 0 Å². The molecule has 0 bridgehead atoms. The highest BCUT2D eigenvalue weighted by atomic mass is 19.4. The number of hydrogen-bond donors (Lipinski definition) is 0. The quantitative estimate of drug-likeness (QED) is 0.791. The first-order valence-corrected chi connectivity index (χ1v) is 6.24.